The van der Waals surface area contributed by atoms with Gasteiger partial charge in [0.25, 0.3) is 0 Å². The number of unbranched alkanes of at least 4 members (excludes halogenated alkanes) is 1. The van der Waals surface area contributed by atoms with Crippen LogP contribution in [-0.4, -0.2) is 23.9 Å². The molecule has 3 nitrogen and oxygen atoms in total. The van der Waals surface area contributed by atoms with Crippen molar-refractivity contribution in [2.24, 2.45) is 0 Å². The van der Waals surface area contributed by atoms with E-state index in [0.717, 1.165) is 19.4 Å². The molecule has 1 atom stereocenters. The highest BCUT2D eigenvalue weighted by Gasteiger charge is 2.31. The Hall–Kier alpha value is -1.35. The summed E-state index contributed by atoms with van der Waals surface area (Å²) in [5, 5.41) is 3.30. The van der Waals surface area contributed by atoms with E-state index in [9.17, 15) is 4.79 Å². The molecule has 0 radical (unpaired) electrons. The first kappa shape index (κ1) is 12.1. The van der Waals surface area contributed by atoms with Crippen molar-refractivity contribution >= 4 is 5.91 Å². The van der Waals surface area contributed by atoms with Crippen molar-refractivity contribution in [2.45, 2.75) is 32.9 Å². The van der Waals surface area contributed by atoms with Gasteiger partial charge in [0.15, 0.2) is 0 Å². The molecular formula is C14H20N2O. The second kappa shape index (κ2) is 5.32. The first-order chi connectivity index (χ1) is 8.24. The van der Waals surface area contributed by atoms with Crippen molar-refractivity contribution in [3.05, 3.63) is 35.4 Å². The summed E-state index contributed by atoms with van der Waals surface area (Å²) >= 11 is 0. The molecule has 0 bridgehead atoms. The molecule has 92 valence electrons. The van der Waals surface area contributed by atoms with E-state index >= 15 is 0 Å². The zero-order valence-electron chi connectivity index (χ0n) is 10.6. The van der Waals surface area contributed by atoms with Crippen LogP contribution in [0.3, 0.4) is 0 Å². The molecule has 1 fully saturated rings. The molecule has 1 aliphatic rings. The average Bonchev–Trinajstić information content (AvgIpc) is 2.69. The Morgan fingerprint density at radius 1 is 1.41 bits per heavy atom. The fourth-order valence-corrected chi connectivity index (χ4v) is 2.29. The molecule has 0 saturated carbocycles. The number of hydrogen-bond acceptors (Lipinski definition) is 2. The van der Waals surface area contributed by atoms with Gasteiger partial charge in [-0.25, -0.2) is 0 Å². The van der Waals surface area contributed by atoms with E-state index in [4.69, 9.17) is 0 Å². The molecule has 1 aliphatic heterocycles. The maximum absolute atomic E-state index is 11.8. The summed E-state index contributed by atoms with van der Waals surface area (Å²) in [5.74, 6) is 0.215. The van der Waals surface area contributed by atoms with Crippen LogP contribution in [0, 0.1) is 6.92 Å². The van der Waals surface area contributed by atoms with E-state index in [1.54, 1.807) is 0 Å². The molecule has 2 rings (SSSR count). The third-order valence-corrected chi connectivity index (χ3v) is 3.31. The van der Waals surface area contributed by atoms with Crippen LogP contribution in [0.25, 0.3) is 0 Å². The smallest absolute Gasteiger partial charge is 0.238 e. The Labute approximate surface area is 103 Å². The predicted molar refractivity (Wildman–Crippen MR) is 68.5 cm³/mol. The number of carbonyl (C=O) groups is 1. The standard InChI is InChI=1S/C14H20N2O/c1-3-4-9-16-13(17)10-15-14(16)12-8-6-5-7-11(12)2/h5-8,14-15H,3-4,9-10H2,1-2H3. The van der Waals surface area contributed by atoms with Crippen molar-refractivity contribution in [3.8, 4) is 0 Å². The first-order valence-electron chi connectivity index (χ1n) is 6.32. The Bertz CT molecular complexity index is 403. The number of nitrogens with one attached hydrogen (secondary N) is 1. The minimum atomic E-state index is 0.0650. The van der Waals surface area contributed by atoms with Gasteiger partial charge in [-0.3, -0.25) is 10.1 Å². The predicted octanol–water partition coefficient (Wildman–Crippen LogP) is 2.23. The average molecular weight is 232 g/mol. The van der Waals surface area contributed by atoms with E-state index in [1.807, 2.05) is 17.0 Å². The van der Waals surface area contributed by atoms with Gasteiger partial charge < -0.3 is 4.90 Å². The van der Waals surface area contributed by atoms with E-state index in [0.29, 0.717) is 6.54 Å². The van der Waals surface area contributed by atoms with Gasteiger partial charge >= 0.3 is 0 Å². The van der Waals surface area contributed by atoms with Gasteiger partial charge in [0.1, 0.15) is 6.17 Å². The zero-order valence-corrected chi connectivity index (χ0v) is 10.6. The van der Waals surface area contributed by atoms with Gasteiger partial charge in [0, 0.05) is 6.54 Å². The van der Waals surface area contributed by atoms with Crippen molar-refractivity contribution in [1.82, 2.24) is 10.2 Å². The molecule has 0 aromatic heterocycles. The van der Waals surface area contributed by atoms with Gasteiger partial charge in [-0.15, -0.1) is 0 Å². The summed E-state index contributed by atoms with van der Waals surface area (Å²) in [7, 11) is 0. The van der Waals surface area contributed by atoms with Crippen LogP contribution in [0.2, 0.25) is 0 Å². The molecule has 1 N–H and O–H groups in total. The second-order valence-electron chi connectivity index (χ2n) is 4.58. The van der Waals surface area contributed by atoms with Crippen LogP contribution >= 0.6 is 0 Å². The van der Waals surface area contributed by atoms with E-state index in [2.05, 4.69) is 31.3 Å². The summed E-state index contributed by atoms with van der Waals surface area (Å²) in [5.41, 5.74) is 2.45. The summed E-state index contributed by atoms with van der Waals surface area (Å²) in [6.07, 6.45) is 2.25. The summed E-state index contributed by atoms with van der Waals surface area (Å²) in [4.78, 5) is 13.8. The van der Waals surface area contributed by atoms with Crippen LogP contribution in [0.1, 0.15) is 37.1 Å². The lowest BCUT2D eigenvalue weighted by Crippen LogP contribution is -2.31. The molecular weight excluding hydrogens is 212 g/mol. The third kappa shape index (κ3) is 2.50. The molecule has 0 spiro atoms. The van der Waals surface area contributed by atoms with Gasteiger partial charge in [0.2, 0.25) is 5.91 Å². The van der Waals surface area contributed by atoms with Crippen molar-refractivity contribution in [3.63, 3.8) is 0 Å². The molecule has 1 aromatic rings. The lowest BCUT2D eigenvalue weighted by Gasteiger charge is -2.25. The Morgan fingerprint density at radius 3 is 2.88 bits per heavy atom. The van der Waals surface area contributed by atoms with Gasteiger partial charge in [0.05, 0.1) is 6.54 Å². The molecule has 1 aromatic carbocycles. The van der Waals surface area contributed by atoms with Crippen molar-refractivity contribution in [2.75, 3.05) is 13.1 Å². The fraction of sp³-hybridized carbons (Fsp3) is 0.500. The number of amides is 1. The molecule has 1 heterocycles. The topological polar surface area (TPSA) is 32.3 Å². The Morgan fingerprint density at radius 2 is 2.18 bits per heavy atom. The van der Waals surface area contributed by atoms with E-state index in [-0.39, 0.29) is 12.1 Å². The van der Waals surface area contributed by atoms with Crippen molar-refractivity contribution in [1.29, 1.82) is 0 Å². The highest BCUT2D eigenvalue weighted by Crippen LogP contribution is 2.25. The van der Waals surface area contributed by atoms with Crippen LogP contribution in [0.15, 0.2) is 24.3 Å². The maximum atomic E-state index is 11.8. The summed E-state index contributed by atoms with van der Waals surface area (Å²) < 4.78 is 0. The fourth-order valence-electron chi connectivity index (χ4n) is 2.29. The van der Waals surface area contributed by atoms with Gasteiger partial charge in [-0.2, -0.15) is 0 Å². The number of carbonyl (C=O) groups excluding carboxylic acids is 1. The van der Waals surface area contributed by atoms with Crippen molar-refractivity contribution < 1.29 is 4.79 Å². The number of rotatable bonds is 4. The lowest BCUT2D eigenvalue weighted by molar-refractivity contribution is -0.128. The highest BCUT2D eigenvalue weighted by molar-refractivity contribution is 5.81. The molecule has 17 heavy (non-hydrogen) atoms. The number of nitrogens with zero attached hydrogens (tertiary/aromatic N) is 1. The minimum Gasteiger partial charge on any atom is -0.322 e. The van der Waals surface area contributed by atoms with E-state index < -0.39 is 0 Å². The van der Waals surface area contributed by atoms with Gasteiger partial charge in [-0.1, -0.05) is 37.6 Å². The Kier molecular flexibility index (Phi) is 3.79. The van der Waals surface area contributed by atoms with Gasteiger partial charge in [-0.05, 0) is 24.5 Å². The Balaban J connectivity index is 2.19. The monoisotopic (exact) mass is 232 g/mol. The normalized spacial score (nSPS) is 20.0. The molecule has 1 saturated heterocycles. The minimum absolute atomic E-state index is 0.0650. The summed E-state index contributed by atoms with van der Waals surface area (Å²) in [6, 6.07) is 8.26. The summed E-state index contributed by atoms with van der Waals surface area (Å²) in [6.45, 7) is 5.55. The highest BCUT2D eigenvalue weighted by atomic mass is 16.2. The van der Waals surface area contributed by atoms with Crippen LogP contribution in [0.4, 0.5) is 0 Å². The largest absolute Gasteiger partial charge is 0.322 e. The quantitative estimate of drug-likeness (QED) is 0.863. The molecule has 1 unspecified atom stereocenters. The zero-order chi connectivity index (χ0) is 12.3. The SMILES string of the molecule is CCCCN1C(=O)CNC1c1ccccc1C. The molecule has 0 aliphatic carbocycles. The van der Waals surface area contributed by atoms with Crippen LogP contribution in [-0.2, 0) is 4.79 Å². The first-order valence-corrected chi connectivity index (χ1v) is 6.32. The van der Waals surface area contributed by atoms with Crippen LogP contribution in [0.5, 0.6) is 0 Å². The second-order valence-corrected chi connectivity index (χ2v) is 4.58. The number of aryl methyl sites for hydroxylation is 1. The number of hydrogen-bond donors (Lipinski definition) is 1. The van der Waals surface area contributed by atoms with E-state index in [1.165, 1.54) is 11.1 Å². The molecule has 1 amide bonds. The van der Waals surface area contributed by atoms with Crippen LogP contribution < -0.4 is 5.32 Å². The lowest BCUT2D eigenvalue weighted by atomic mass is 10.1. The third-order valence-electron chi connectivity index (χ3n) is 3.31. The maximum Gasteiger partial charge on any atom is 0.238 e. The molecule has 3 heteroatoms. The number of benzene rings is 1.